The first kappa shape index (κ1) is 20.5. The highest BCUT2D eigenvalue weighted by Crippen LogP contribution is 2.46. The summed E-state index contributed by atoms with van der Waals surface area (Å²) in [6.07, 6.45) is 1.66. The van der Waals surface area contributed by atoms with E-state index in [4.69, 9.17) is 23.8 Å². The molecule has 2 atom stereocenters. The molecule has 2 aromatic carbocycles. The summed E-state index contributed by atoms with van der Waals surface area (Å²) in [5.41, 5.74) is 3.17. The van der Waals surface area contributed by atoms with Crippen molar-refractivity contribution in [3.63, 3.8) is 0 Å². The van der Waals surface area contributed by atoms with Crippen LogP contribution in [0, 0.1) is 12.7 Å². The maximum Gasteiger partial charge on any atom is 0.258 e. The van der Waals surface area contributed by atoms with Crippen molar-refractivity contribution in [3.8, 4) is 0 Å². The normalized spacial score (nSPS) is 20.6. The summed E-state index contributed by atoms with van der Waals surface area (Å²) in [7, 11) is 0. The number of hydrogen-bond acceptors (Lipinski definition) is 4. The summed E-state index contributed by atoms with van der Waals surface area (Å²) >= 11 is 13.9. The van der Waals surface area contributed by atoms with E-state index in [1.165, 1.54) is 22.6 Å². The molecule has 2 fully saturated rings. The van der Waals surface area contributed by atoms with E-state index in [2.05, 4.69) is 29.4 Å². The second kappa shape index (κ2) is 7.93. The summed E-state index contributed by atoms with van der Waals surface area (Å²) in [6.45, 7) is 2.45. The van der Waals surface area contributed by atoms with Gasteiger partial charge < -0.3 is 4.90 Å². The molecule has 0 N–H and O–H groups in total. The largest absolute Gasteiger partial charge is 0.319 e. The number of halogens is 2. The second-order valence-corrected chi connectivity index (χ2v) is 9.49. The monoisotopic (exact) mass is 472 g/mol. The van der Waals surface area contributed by atoms with Crippen LogP contribution in [0.4, 0.5) is 10.2 Å². The lowest BCUT2D eigenvalue weighted by Crippen LogP contribution is -2.34. The minimum atomic E-state index is -0.331. The van der Waals surface area contributed by atoms with Crippen molar-refractivity contribution in [2.75, 3.05) is 10.7 Å². The Labute approximate surface area is 193 Å². The molecule has 5 nitrogen and oxygen atoms in total. The molecule has 3 heterocycles. The van der Waals surface area contributed by atoms with Crippen LogP contribution in [0.5, 0.6) is 0 Å². The molecular formula is C22H18ClFN4OS2. The van der Waals surface area contributed by atoms with Gasteiger partial charge in [0.05, 0.1) is 6.54 Å². The highest BCUT2D eigenvalue weighted by Gasteiger charge is 2.51. The molecule has 3 aromatic rings. The van der Waals surface area contributed by atoms with Crippen molar-refractivity contribution in [1.82, 2.24) is 14.7 Å². The number of amides is 1. The predicted molar refractivity (Wildman–Crippen MR) is 125 cm³/mol. The molecule has 0 spiro atoms. The van der Waals surface area contributed by atoms with Crippen LogP contribution in [-0.4, -0.2) is 37.5 Å². The molecule has 2 aliphatic rings. The number of anilines is 1. The standard InChI is InChI=1S/C22H18ClFN4OS2/c1-13-2-6-15(7-3-13)21-27-18(12-31-21)20(29)28(22(27)30)19-17(23)11-26(25-19)10-14-4-8-16(24)9-5-14/h2-9,11,18,21H,10,12H2,1H3/t18-,21+/m1/s1. The van der Waals surface area contributed by atoms with E-state index >= 15 is 0 Å². The van der Waals surface area contributed by atoms with Gasteiger partial charge in [0.1, 0.15) is 22.3 Å². The van der Waals surface area contributed by atoms with Crippen LogP contribution < -0.4 is 4.90 Å². The molecule has 0 unspecified atom stereocenters. The molecule has 0 aliphatic carbocycles. The first-order chi connectivity index (χ1) is 14.9. The Kier molecular flexibility index (Phi) is 5.24. The number of hydrogen-bond donors (Lipinski definition) is 0. The summed E-state index contributed by atoms with van der Waals surface area (Å²) in [4.78, 5) is 16.7. The van der Waals surface area contributed by atoms with Crippen LogP contribution in [0.2, 0.25) is 5.02 Å². The number of carbonyl (C=O) groups is 1. The fourth-order valence-corrected chi connectivity index (χ4v) is 6.00. The van der Waals surface area contributed by atoms with E-state index < -0.39 is 0 Å². The number of thioether (sulfide) groups is 1. The number of aromatic nitrogens is 2. The molecule has 1 aromatic heterocycles. The van der Waals surface area contributed by atoms with Crippen molar-refractivity contribution in [2.24, 2.45) is 0 Å². The molecule has 0 saturated carbocycles. The predicted octanol–water partition coefficient (Wildman–Crippen LogP) is 4.78. The van der Waals surface area contributed by atoms with Crippen LogP contribution >= 0.6 is 35.6 Å². The lowest BCUT2D eigenvalue weighted by Gasteiger charge is -2.25. The average Bonchev–Trinajstić information content (AvgIpc) is 3.40. The Balaban J connectivity index is 1.42. The first-order valence-electron chi connectivity index (χ1n) is 9.74. The van der Waals surface area contributed by atoms with E-state index in [-0.39, 0.29) is 23.1 Å². The second-order valence-electron chi connectivity index (χ2n) is 7.60. The minimum absolute atomic E-state index is 0.0212. The van der Waals surface area contributed by atoms with Crippen molar-refractivity contribution in [2.45, 2.75) is 24.9 Å². The number of nitrogens with zero attached hydrogens (tertiary/aromatic N) is 4. The Hall–Kier alpha value is -2.42. The molecule has 2 saturated heterocycles. The van der Waals surface area contributed by atoms with Gasteiger partial charge in [0.2, 0.25) is 0 Å². The van der Waals surface area contributed by atoms with E-state index in [1.54, 1.807) is 34.8 Å². The molecule has 0 radical (unpaired) electrons. The van der Waals surface area contributed by atoms with E-state index in [1.807, 2.05) is 11.8 Å². The lowest BCUT2D eigenvalue weighted by molar-refractivity contribution is -0.119. The lowest BCUT2D eigenvalue weighted by atomic mass is 10.1. The highest BCUT2D eigenvalue weighted by atomic mass is 35.5. The van der Waals surface area contributed by atoms with Gasteiger partial charge in [-0.05, 0) is 42.4 Å². The molecule has 0 bridgehead atoms. The number of carbonyl (C=O) groups excluding carboxylic acids is 1. The molecule has 158 valence electrons. The third kappa shape index (κ3) is 3.62. The Morgan fingerprint density at radius 3 is 2.61 bits per heavy atom. The number of fused-ring (bicyclic) bond motifs is 1. The first-order valence-corrected chi connectivity index (χ1v) is 11.6. The van der Waals surface area contributed by atoms with Crippen molar-refractivity contribution in [3.05, 3.63) is 82.3 Å². The van der Waals surface area contributed by atoms with Crippen molar-refractivity contribution >= 4 is 52.4 Å². The Bertz CT molecular complexity index is 1170. The van der Waals surface area contributed by atoms with Crippen molar-refractivity contribution in [1.29, 1.82) is 0 Å². The number of rotatable bonds is 4. The number of benzene rings is 2. The molecule has 5 rings (SSSR count). The quantitative estimate of drug-likeness (QED) is 0.511. The van der Waals surface area contributed by atoms with Gasteiger partial charge in [-0.15, -0.1) is 11.8 Å². The average molecular weight is 473 g/mol. The smallest absolute Gasteiger partial charge is 0.258 e. The fourth-order valence-electron chi connectivity index (χ4n) is 3.87. The Morgan fingerprint density at radius 2 is 1.90 bits per heavy atom. The number of aryl methyl sites for hydroxylation is 1. The van der Waals surface area contributed by atoms with E-state index in [9.17, 15) is 9.18 Å². The summed E-state index contributed by atoms with van der Waals surface area (Å²) in [6, 6.07) is 14.1. The van der Waals surface area contributed by atoms with Crippen LogP contribution in [0.25, 0.3) is 0 Å². The van der Waals surface area contributed by atoms with Crippen LogP contribution in [-0.2, 0) is 11.3 Å². The number of thiocarbonyl (C=S) groups is 1. The molecule has 2 aliphatic heterocycles. The zero-order chi connectivity index (χ0) is 21.7. The SMILES string of the molecule is Cc1ccc([C@@H]2SC[C@@H]3C(=O)N(c4nn(Cc5ccc(F)cc5)cc4Cl)C(=S)N32)cc1. The molecular weight excluding hydrogens is 455 g/mol. The summed E-state index contributed by atoms with van der Waals surface area (Å²) in [5, 5.41) is 5.26. The third-order valence-corrected chi connectivity index (χ3v) is 7.43. The molecule has 1 amide bonds. The zero-order valence-corrected chi connectivity index (χ0v) is 18.9. The van der Waals surface area contributed by atoms with E-state index in [0.29, 0.717) is 28.3 Å². The van der Waals surface area contributed by atoms with Crippen molar-refractivity contribution < 1.29 is 9.18 Å². The molecule has 9 heteroatoms. The van der Waals surface area contributed by atoms with Crippen LogP contribution in [0.3, 0.4) is 0 Å². The van der Waals surface area contributed by atoms with Gasteiger partial charge in [0.15, 0.2) is 10.9 Å². The van der Waals surface area contributed by atoms with Gasteiger partial charge in [0, 0.05) is 11.9 Å². The summed E-state index contributed by atoms with van der Waals surface area (Å²) in [5.74, 6) is 0.585. The zero-order valence-electron chi connectivity index (χ0n) is 16.5. The summed E-state index contributed by atoms with van der Waals surface area (Å²) < 4.78 is 14.8. The van der Waals surface area contributed by atoms with Crippen LogP contribution in [0.1, 0.15) is 22.1 Å². The third-order valence-electron chi connectivity index (χ3n) is 5.45. The fraction of sp³-hybridized carbons (Fsp3) is 0.227. The maximum atomic E-state index is 13.2. The van der Waals surface area contributed by atoms with Gasteiger partial charge in [-0.3, -0.25) is 9.48 Å². The maximum absolute atomic E-state index is 13.2. The van der Waals surface area contributed by atoms with Gasteiger partial charge in [-0.2, -0.15) is 5.10 Å². The highest BCUT2D eigenvalue weighted by molar-refractivity contribution is 7.99. The van der Waals surface area contributed by atoms with Gasteiger partial charge in [-0.25, -0.2) is 9.29 Å². The topological polar surface area (TPSA) is 41.4 Å². The van der Waals surface area contributed by atoms with Gasteiger partial charge in [-0.1, -0.05) is 53.6 Å². The minimum Gasteiger partial charge on any atom is -0.319 e. The van der Waals surface area contributed by atoms with Gasteiger partial charge >= 0.3 is 0 Å². The Morgan fingerprint density at radius 1 is 1.19 bits per heavy atom. The van der Waals surface area contributed by atoms with Gasteiger partial charge in [0.25, 0.3) is 5.91 Å². The van der Waals surface area contributed by atoms with Crippen LogP contribution in [0.15, 0.2) is 54.7 Å². The van der Waals surface area contributed by atoms with E-state index in [0.717, 1.165) is 11.1 Å². The molecule has 31 heavy (non-hydrogen) atoms.